The molecule has 2 aromatic rings. The van der Waals surface area contributed by atoms with Gasteiger partial charge in [-0.05, 0) is 54.8 Å². The number of benzene rings is 2. The van der Waals surface area contributed by atoms with Gasteiger partial charge in [0.1, 0.15) is 5.82 Å². The molecule has 1 aliphatic rings. The SMILES string of the molecule is CNC1CCN(c2ccc(N(C)C(=O)C=Cc3ccc(C(C)C)cc3)cc2F)C1. The molecule has 5 heteroatoms. The number of carbonyl (C=O) groups is 1. The van der Waals surface area contributed by atoms with Gasteiger partial charge in [-0.25, -0.2) is 4.39 Å². The lowest BCUT2D eigenvalue weighted by atomic mass is 10.0. The van der Waals surface area contributed by atoms with Gasteiger partial charge in [0.2, 0.25) is 0 Å². The minimum atomic E-state index is -0.299. The molecule has 0 saturated carbocycles. The molecule has 3 rings (SSSR count). The van der Waals surface area contributed by atoms with Crippen molar-refractivity contribution in [3.63, 3.8) is 0 Å². The maximum absolute atomic E-state index is 14.7. The predicted octanol–water partition coefficient (Wildman–Crippen LogP) is 4.42. The first-order chi connectivity index (χ1) is 13.9. The van der Waals surface area contributed by atoms with Crippen LogP contribution in [0.5, 0.6) is 0 Å². The van der Waals surface area contributed by atoms with E-state index in [1.54, 1.807) is 25.3 Å². The van der Waals surface area contributed by atoms with E-state index in [1.807, 2.05) is 24.1 Å². The van der Waals surface area contributed by atoms with E-state index in [0.717, 1.165) is 25.1 Å². The molecule has 154 valence electrons. The Morgan fingerprint density at radius 2 is 1.97 bits per heavy atom. The standard InChI is InChI=1S/C24H30FN3O/c1-17(2)19-8-5-18(6-9-19)7-12-24(29)27(4)21-10-11-23(22(25)15-21)28-14-13-20(16-28)26-3/h5-12,15,17,20,26H,13-14,16H2,1-4H3. The average molecular weight is 396 g/mol. The van der Waals surface area contributed by atoms with Crippen molar-refractivity contribution >= 4 is 23.4 Å². The van der Waals surface area contributed by atoms with Crippen LogP contribution in [-0.2, 0) is 4.79 Å². The quantitative estimate of drug-likeness (QED) is 0.736. The lowest BCUT2D eigenvalue weighted by Gasteiger charge is -2.21. The summed E-state index contributed by atoms with van der Waals surface area (Å²) in [4.78, 5) is 16.0. The smallest absolute Gasteiger partial charge is 0.250 e. The van der Waals surface area contributed by atoms with Crippen LogP contribution >= 0.6 is 0 Å². The molecule has 1 heterocycles. The normalized spacial score (nSPS) is 16.8. The Labute approximate surface area is 173 Å². The molecule has 29 heavy (non-hydrogen) atoms. The molecule has 1 amide bonds. The highest BCUT2D eigenvalue weighted by Crippen LogP contribution is 2.27. The molecular formula is C24H30FN3O. The second kappa shape index (κ2) is 9.23. The largest absolute Gasteiger partial charge is 0.368 e. The van der Waals surface area contributed by atoms with Crippen LogP contribution in [0.4, 0.5) is 15.8 Å². The number of nitrogens with zero attached hydrogens (tertiary/aromatic N) is 2. The summed E-state index contributed by atoms with van der Waals surface area (Å²) in [6, 6.07) is 13.5. The van der Waals surface area contributed by atoms with Gasteiger partial charge in [-0.15, -0.1) is 0 Å². The Kier molecular flexibility index (Phi) is 6.70. The lowest BCUT2D eigenvalue weighted by molar-refractivity contribution is -0.113. The fourth-order valence-electron chi connectivity index (χ4n) is 3.57. The number of rotatable bonds is 6. The third-order valence-electron chi connectivity index (χ3n) is 5.61. The maximum Gasteiger partial charge on any atom is 0.250 e. The van der Waals surface area contributed by atoms with E-state index in [0.29, 0.717) is 23.3 Å². The zero-order chi connectivity index (χ0) is 21.0. The van der Waals surface area contributed by atoms with Crippen LogP contribution < -0.4 is 15.1 Å². The van der Waals surface area contributed by atoms with Crippen molar-refractivity contribution in [2.75, 3.05) is 37.0 Å². The summed E-state index contributed by atoms with van der Waals surface area (Å²) >= 11 is 0. The van der Waals surface area contributed by atoms with E-state index >= 15 is 0 Å². The summed E-state index contributed by atoms with van der Waals surface area (Å²) in [6.45, 7) is 5.92. The molecule has 0 bridgehead atoms. The molecule has 1 unspecified atom stereocenters. The van der Waals surface area contributed by atoms with E-state index in [1.165, 1.54) is 22.6 Å². The summed E-state index contributed by atoms with van der Waals surface area (Å²) in [7, 11) is 3.59. The van der Waals surface area contributed by atoms with Gasteiger partial charge in [0.05, 0.1) is 5.69 Å². The van der Waals surface area contributed by atoms with Crippen LogP contribution in [-0.4, -0.2) is 39.1 Å². The molecule has 1 N–H and O–H groups in total. The fourth-order valence-corrected chi connectivity index (χ4v) is 3.57. The number of hydrogen-bond donors (Lipinski definition) is 1. The van der Waals surface area contributed by atoms with Gasteiger partial charge in [0, 0.05) is 37.9 Å². The molecule has 1 aliphatic heterocycles. The van der Waals surface area contributed by atoms with Gasteiger partial charge in [0.15, 0.2) is 0 Å². The van der Waals surface area contributed by atoms with E-state index in [2.05, 4.69) is 31.3 Å². The van der Waals surface area contributed by atoms with Crippen molar-refractivity contribution in [3.8, 4) is 0 Å². The highest BCUT2D eigenvalue weighted by atomic mass is 19.1. The summed E-state index contributed by atoms with van der Waals surface area (Å²) < 4.78 is 14.7. The Bertz CT molecular complexity index is 876. The first kappa shape index (κ1) is 21.1. The van der Waals surface area contributed by atoms with Crippen LogP contribution in [0.1, 0.15) is 37.3 Å². The third kappa shape index (κ3) is 5.04. The van der Waals surface area contributed by atoms with Crippen molar-refractivity contribution in [2.24, 2.45) is 0 Å². The van der Waals surface area contributed by atoms with Crippen LogP contribution in [0.15, 0.2) is 48.5 Å². The zero-order valence-electron chi connectivity index (χ0n) is 17.7. The number of halogens is 1. The monoisotopic (exact) mass is 395 g/mol. The van der Waals surface area contributed by atoms with Gasteiger partial charge in [-0.1, -0.05) is 38.1 Å². The van der Waals surface area contributed by atoms with E-state index in [4.69, 9.17) is 0 Å². The average Bonchev–Trinajstić information content (AvgIpc) is 3.20. The minimum Gasteiger partial charge on any atom is -0.368 e. The van der Waals surface area contributed by atoms with Crippen molar-refractivity contribution in [2.45, 2.75) is 32.2 Å². The van der Waals surface area contributed by atoms with Gasteiger partial charge < -0.3 is 15.1 Å². The number of likely N-dealkylation sites (N-methyl/N-ethyl adjacent to an activating group) is 2. The Hall–Kier alpha value is -2.66. The van der Waals surface area contributed by atoms with Crippen LogP contribution in [0.2, 0.25) is 0 Å². The lowest BCUT2D eigenvalue weighted by Crippen LogP contribution is -2.30. The zero-order valence-corrected chi connectivity index (χ0v) is 17.7. The Balaban J connectivity index is 1.67. The van der Waals surface area contributed by atoms with Gasteiger partial charge in [-0.3, -0.25) is 4.79 Å². The van der Waals surface area contributed by atoms with E-state index < -0.39 is 0 Å². The molecule has 0 radical (unpaired) electrons. The van der Waals surface area contributed by atoms with Crippen LogP contribution in [0.25, 0.3) is 6.08 Å². The number of amides is 1. The second-order valence-electron chi connectivity index (χ2n) is 7.91. The third-order valence-corrected chi connectivity index (χ3v) is 5.61. The molecule has 0 aromatic heterocycles. The van der Waals surface area contributed by atoms with E-state index in [-0.39, 0.29) is 11.7 Å². The molecule has 0 spiro atoms. The predicted molar refractivity (Wildman–Crippen MR) is 119 cm³/mol. The number of anilines is 2. The minimum absolute atomic E-state index is 0.193. The first-order valence-corrected chi connectivity index (χ1v) is 10.2. The summed E-state index contributed by atoms with van der Waals surface area (Å²) in [5.74, 6) is -0.0167. The Morgan fingerprint density at radius 1 is 1.24 bits per heavy atom. The maximum atomic E-state index is 14.7. The molecule has 1 fully saturated rings. The fraction of sp³-hybridized carbons (Fsp3) is 0.375. The highest BCUT2D eigenvalue weighted by molar-refractivity contribution is 6.03. The summed E-state index contributed by atoms with van der Waals surface area (Å²) in [6.07, 6.45) is 4.31. The van der Waals surface area contributed by atoms with Gasteiger partial charge in [-0.2, -0.15) is 0 Å². The number of carbonyl (C=O) groups excluding carboxylic acids is 1. The Morgan fingerprint density at radius 3 is 2.55 bits per heavy atom. The number of nitrogens with one attached hydrogen (secondary N) is 1. The molecular weight excluding hydrogens is 365 g/mol. The molecule has 1 atom stereocenters. The second-order valence-corrected chi connectivity index (χ2v) is 7.91. The van der Waals surface area contributed by atoms with Crippen LogP contribution in [0.3, 0.4) is 0 Å². The van der Waals surface area contributed by atoms with Crippen LogP contribution in [0, 0.1) is 5.82 Å². The van der Waals surface area contributed by atoms with E-state index in [9.17, 15) is 9.18 Å². The van der Waals surface area contributed by atoms with Gasteiger partial charge in [0.25, 0.3) is 5.91 Å². The van der Waals surface area contributed by atoms with Crippen molar-refractivity contribution in [1.82, 2.24) is 5.32 Å². The molecule has 1 saturated heterocycles. The van der Waals surface area contributed by atoms with Crippen molar-refractivity contribution in [3.05, 3.63) is 65.5 Å². The highest BCUT2D eigenvalue weighted by Gasteiger charge is 2.23. The van der Waals surface area contributed by atoms with Gasteiger partial charge >= 0.3 is 0 Å². The first-order valence-electron chi connectivity index (χ1n) is 10.2. The van der Waals surface area contributed by atoms with Crippen molar-refractivity contribution in [1.29, 1.82) is 0 Å². The summed E-state index contributed by atoms with van der Waals surface area (Å²) in [5.41, 5.74) is 3.36. The summed E-state index contributed by atoms with van der Waals surface area (Å²) in [5, 5.41) is 3.24. The molecule has 0 aliphatic carbocycles. The molecule has 2 aromatic carbocycles. The van der Waals surface area contributed by atoms with Crippen molar-refractivity contribution < 1.29 is 9.18 Å². The number of hydrogen-bond acceptors (Lipinski definition) is 3. The molecule has 4 nitrogen and oxygen atoms in total. The topological polar surface area (TPSA) is 35.6 Å².